The molecule has 7 nitrogen and oxygen atoms in total. The fourth-order valence-electron chi connectivity index (χ4n) is 3.96. The lowest BCUT2D eigenvalue weighted by atomic mass is 9.99. The topological polar surface area (TPSA) is 79.3 Å². The molecule has 0 atom stereocenters. The minimum atomic E-state index is -0.251. The Morgan fingerprint density at radius 1 is 1.26 bits per heavy atom. The fourth-order valence-corrected chi connectivity index (χ4v) is 3.96. The van der Waals surface area contributed by atoms with Crippen LogP contribution in [0.25, 0.3) is 0 Å². The Bertz CT molecular complexity index is 846. The van der Waals surface area contributed by atoms with Gasteiger partial charge >= 0.3 is 0 Å². The lowest BCUT2D eigenvalue weighted by Crippen LogP contribution is -2.37. The standard InChI is InChI=1S/C20H27N5O2/c1-14-7-10-24(11-8-14)18-4-5-20(27)25(23-18)13-19(26)22-16-3-2-15-6-9-21-17(15)12-16/h4-5,12,14,21H,2-3,6-11,13H2,1H3,(H,22,26). The van der Waals surface area contributed by atoms with Gasteiger partial charge in [-0.15, -0.1) is 0 Å². The third-order valence-corrected chi connectivity index (χ3v) is 5.69. The summed E-state index contributed by atoms with van der Waals surface area (Å²) in [6.45, 7) is 5.05. The van der Waals surface area contributed by atoms with Crippen LogP contribution in [0.2, 0.25) is 0 Å². The molecule has 1 aromatic rings. The number of piperidine rings is 1. The van der Waals surface area contributed by atoms with Crippen molar-refractivity contribution >= 4 is 11.7 Å². The van der Waals surface area contributed by atoms with E-state index in [9.17, 15) is 9.59 Å². The predicted octanol–water partition coefficient (Wildman–Crippen LogP) is 1.52. The number of carbonyl (C=O) groups excluding carboxylic acids is 1. The first-order valence-electron chi connectivity index (χ1n) is 9.88. The highest BCUT2D eigenvalue weighted by Gasteiger charge is 2.20. The third kappa shape index (κ3) is 4.07. The number of allylic oxidation sites excluding steroid dienone is 2. The van der Waals surface area contributed by atoms with E-state index >= 15 is 0 Å². The first kappa shape index (κ1) is 17.8. The number of amides is 1. The Kier molecular flexibility index (Phi) is 5.01. The first-order chi connectivity index (χ1) is 13.1. The summed E-state index contributed by atoms with van der Waals surface area (Å²) in [6, 6.07) is 3.27. The summed E-state index contributed by atoms with van der Waals surface area (Å²) in [5, 5.41) is 10.7. The molecule has 0 bridgehead atoms. The van der Waals surface area contributed by atoms with Crippen LogP contribution in [0.1, 0.15) is 39.0 Å². The molecule has 0 spiro atoms. The van der Waals surface area contributed by atoms with E-state index in [-0.39, 0.29) is 18.0 Å². The zero-order valence-electron chi connectivity index (χ0n) is 15.8. The van der Waals surface area contributed by atoms with Gasteiger partial charge in [0.15, 0.2) is 0 Å². The zero-order chi connectivity index (χ0) is 18.8. The molecule has 2 aliphatic heterocycles. The van der Waals surface area contributed by atoms with Gasteiger partial charge < -0.3 is 15.5 Å². The molecule has 1 aromatic heterocycles. The van der Waals surface area contributed by atoms with Gasteiger partial charge in [-0.05, 0) is 55.7 Å². The smallest absolute Gasteiger partial charge is 0.267 e. The molecule has 0 unspecified atom stereocenters. The van der Waals surface area contributed by atoms with Crippen molar-refractivity contribution in [2.75, 3.05) is 24.5 Å². The predicted molar refractivity (Wildman–Crippen MR) is 104 cm³/mol. The number of hydrogen-bond acceptors (Lipinski definition) is 5. The van der Waals surface area contributed by atoms with Gasteiger partial charge in [0.05, 0.1) is 0 Å². The van der Waals surface area contributed by atoms with Crippen molar-refractivity contribution in [2.24, 2.45) is 5.92 Å². The summed E-state index contributed by atoms with van der Waals surface area (Å²) in [5.41, 5.74) is 3.24. The average molecular weight is 369 g/mol. The summed E-state index contributed by atoms with van der Waals surface area (Å²) in [6.07, 6.45) is 7.18. The lowest BCUT2D eigenvalue weighted by molar-refractivity contribution is -0.121. The van der Waals surface area contributed by atoms with Crippen LogP contribution >= 0.6 is 0 Å². The molecule has 3 heterocycles. The van der Waals surface area contributed by atoms with Crippen molar-refractivity contribution in [2.45, 2.75) is 45.6 Å². The quantitative estimate of drug-likeness (QED) is 0.841. The largest absolute Gasteiger partial charge is 0.385 e. The van der Waals surface area contributed by atoms with Gasteiger partial charge in [-0.1, -0.05) is 6.92 Å². The maximum atomic E-state index is 12.5. The molecule has 1 amide bonds. The highest BCUT2D eigenvalue weighted by atomic mass is 16.2. The highest BCUT2D eigenvalue weighted by Crippen LogP contribution is 2.27. The van der Waals surface area contributed by atoms with Crippen molar-refractivity contribution < 1.29 is 4.79 Å². The van der Waals surface area contributed by atoms with E-state index in [0.717, 1.165) is 74.9 Å². The molecule has 2 N–H and O–H groups in total. The summed E-state index contributed by atoms with van der Waals surface area (Å²) in [5.74, 6) is 1.30. The molecule has 7 heteroatoms. The minimum absolute atomic E-state index is 0.0619. The van der Waals surface area contributed by atoms with E-state index in [2.05, 4.69) is 27.6 Å². The zero-order valence-corrected chi connectivity index (χ0v) is 15.8. The van der Waals surface area contributed by atoms with Gasteiger partial charge in [-0.3, -0.25) is 9.59 Å². The van der Waals surface area contributed by atoms with Crippen LogP contribution in [0.3, 0.4) is 0 Å². The van der Waals surface area contributed by atoms with E-state index in [1.807, 2.05) is 6.08 Å². The van der Waals surface area contributed by atoms with Crippen LogP contribution in [0, 0.1) is 5.92 Å². The van der Waals surface area contributed by atoms with Crippen LogP contribution < -0.4 is 21.1 Å². The number of hydrogen-bond donors (Lipinski definition) is 2. The van der Waals surface area contributed by atoms with Crippen molar-refractivity contribution in [3.05, 3.63) is 45.5 Å². The third-order valence-electron chi connectivity index (χ3n) is 5.69. The van der Waals surface area contributed by atoms with Crippen molar-refractivity contribution in [1.29, 1.82) is 0 Å². The number of nitrogens with one attached hydrogen (secondary N) is 2. The minimum Gasteiger partial charge on any atom is -0.385 e. The maximum Gasteiger partial charge on any atom is 0.267 e. The van der Waals surface area contributed by atoms with Crippen molar-refractivity contribution in [3.63, 3.8) is 0 Å². The fraction of sp³-hybridized carbons (Fsp3) is 0.550. The van der Waals surface area contributed by atoms with E-state index in [4.69, 9.17) is 0 Å². The van der Waals surface area contributed by atoms with Gasteiger partial charge in [0.2, 0.25) is 5.91 Å². The molecule has 0 radical (unpaired) electrons. The van der Waals surface area contributed by atoms with Gasteiger partial charge in [0.1, 0.15) is 12.4 Å². The van der Waals surface area contributed by atoms with E-state index in [1.165, 1.54) is 16.3 Å². The van der Waals surface area contributed by atoms with E-state index in [0.29, 0.717) is 0 Å². The van der Waals surface area contributed by atoms with Crippen LogP contribution in [0.5, 0.6) is 0 Å². The van der Waals surface area contributed by atoms with E-state index in [1.54, 1.807) is 6.07 Å². The summed E-state index contributed by atoms with van der Waals surface area (Å²) < 4.78 is 1.27. The number of anilines is 1. The number of carbonyl (C=O) groups is 1. The second-order valence-corrected chi connectivity index (χ2v) is 7.77. The highest BCUT2D eigenvalue weighted by molar-refractivity contribution is 5.77. The monoisotopic (exact) mass is 369 g/mol. The number of rotatable bonds is 4. The number of aromatic nitrogens is 2. The Morgan fingerprint density at radius 3 is 2.89 bits per heavy atom. The number of nitrogens with zero attached hydrogens (tertiary/aromatic N) is 3. The molecule has 0 saturated carbocycles. The first-order valence-corrected chi connectivity index (χ1v) is 9.88. The molecule has 1 fully saturated rings. The Hall–Kier alpha value is -2.57. The van der Waals surface area contributed by atoms with Gasteiger partial charge in [0.25, 0.3) is 5.56 Å². The molecule has 1 saturated heterocycles. The molecule has 27 heavy (non-hydrogen) atoms. The molecular formula is C20H27N5O2. The summed E-state index contributed by atoms with van der Waals surface area (Å²) >= 11 is 0. The Morgan fingerprint density at radius 2 is 2.07 bits per heavy atom. The Balaban J connectivity index is 1.42. The average Bonchev–Trinajstić information content (AvgIpc) is 3.12. The van der Waals surface area contributed by atoms with Crippen LogP contribution in [-0.2, 0) is 11.3 Å². The second-order valence-electron chi connectivity index (χ2n) is 7.77. The molecule has 1 aliphatic carbocycles. The molecule has 4 rings (SSSR count). The summed E-state index contributed by atoms with van der Waals surface area (Å²) in [7, 11) is 0. The Labute approximate surface area is 159 Å². The van der Waals surface area contributed by atoms with E-state index < -0.39 is 0 Å². The normalized spacial score (nSPS) is 20.2. The van der Waals surface area contributed by atoms with Gasteiger partial charge in [-0.25, -0.2) is 4.68 Å². The van der Waals surface area contributed by atoms with Gasteiger partial charge in [0, 0.05) is 37.1 Å². The van der Waals surface area contributed by atoms with Crippen LogP contribution in [-0.4, -0.2) is 35.3 Å². The molecule has 3 aliphatic rings. The maximum absolute atomic E-state index is 12.5. The van der Waals surface area contributed by atoms with Crippen molar-refractivity contribution in [3.8, 4) is 0 Å². The molecule has 0 aromatic carbocycles. The van der Waals surface area contributed by atoms with Crippen LogP contribution in [0.4, 0.5) is 5.82 Å². The lowest BCUT2D eigenvalue weighted by Gasteiger charge is -2.31. The molecular weight excluding hydrogens is 342 g/mol. The van der Waals surface area contributed by atoms with Crippen molar-refractivity contribution in [1.82, 2.24) is 20.4 Å². The summed E-state index contributed by atoms with van der Waals surface area (Å²) in [4.78, 5) is 26.8. The SMILES string of the molecule is CC1CCN(c2ccc(=O)n(CC(=O)NC3=CC4=C(CCN4)CC3)n2)CC1. The molecule has 144 valence electrons. The van der Waals surface area contributed by atoms with Crippen LogP contribution in [0.15, 0.2) is 40.0 Å². The second kappa shape index (κ2) is 7.58. The van der Waals surface area contributed by atoms with Gasteiger partial charge in [-0.2, -0.15) is 5.10 Å².